The number of hydrogen-bond donors (Lipinski definition) is 3. The highest BCUT2D eigenvalue weighted by atomic mass is 16.5. The fourth-order valence-electron chi connectivity index (χ4n) is 2.76. The van der Waals surface area contributed by atoms with Gasteiger partial charge in [-0.2, -0.15) is 0 Å². The number of ether oxygens (including phenoxy) is 1. The van der Waals surface area contributed by atoms with E-state index >= 15 is 0 Å². The van der Waals surface area contributed by atoms with Gasteiger partial charge >= 0.3 is 12.0 Å². The van der Waals surface area contributed by atoms with Gasteiger partial charge in [0.15, 0.2) is 0 Å². The SMILES string of the molecule is O=C(NCCOCC1CC1)NC1(C(=O)O)CCCCCC1. The van der Waals surface area contributed by atoms with Gasteiger partial charge in [-0.1, -0.05) is 25.7 Å². The third-order valence-electron chi connectivity index (χ3n) is 4.30. The van der Waals surface area contributed by atoms with Gasteiger partial charge in [-0.3, -0.25) is 0 Å². The zero-order chi connectivity index (χ0) is 15.1. The van der Waals surface area contributed by atoms with Crippen molar-refractivity contribution >= 4 is 12.0 Å². The van der Waals surface area contributed by atoms with Crippen LogP contribution in [-0.2, 0) is 9.53 Å². The van der Waals surface area contributed by atoms with Crippen molar-refractivity contribution in [2.45, 2.75) is 56.9 Å². The number of carbonyl (C=O) groups is 2. The molecule has 0 unspecified atom stereocenters. The lowest BCUT2D eigenvalue weighted by Gasteiger charge is -2.29. The van der Waals surface area contributed by atoms with E-state index in [-0.39, 0.29) is 0 Å². The lowest BCUT2D eigenvalue weighted by molar-refractivity contribution is -0.145. The minimum Gasteiger partial charge on any atom is -0.480 e. The van der Waals surface area contributed by atoms with E-state index in [9.17, 15) is 14.7 Å². The summed E-state index contributed by atoms with van der Waals surface area (Å²) in [6.45, 7) is 1.65. The van der Waals surface area contributed by atoms with Gasteiger partial charge in [0.2, 0.25) is 0 Å². The smallest absolute Gasteiger partial charge is 0.329 e. The van der Waals surface area contributed by atoms with Crippen LogP contribution < -0.4 is 10.6 Å². The summed E-state index contributed by atoms with van der Waals surface area (Å²) >= 11 is 0. The van der Waals surface area contributed by atoms with E-state index in [1.165, 1.54) is 12.8 Å². The summed E-state index contributed by atoms with van der Waals surface area (Å²) < 4.78 is 5.43. The van der Waals surface area contributed by atoms with Gasteiger partial charge in [-0.25, -0.2) is 9.59 Å². The monoisotopic (exact) mass is 298 g/mol. The van der Waals surface area contributed by atoms with Gasteiger partial charge in [0.05, 0.1) is 6.61 Å². The molecule has 2 aliphatic carbocycles. The van der Waals surface area contributed by atoms with E-state index in [0.29, 0.717) is 31.9 Å². The molecule has 0 saturated heterocycles. The molecule has 2 aliphatic rings. The van der Waals surface area contributed by atoms with Gasteiger partial charge in [-0.15, -0.1) is 0 Å². The Morgan fingerprint density at radius 1 is 1.14 bits per heavy atom. The predicted molar refractivity (Wildman–Crippen MR) is 78.1 cm³/mol. The minimum absolute atomic E-state index is 0.408. The summed E-state index contributed by atoms with van der Waals surface area (Å²) in [7, 11) is 0. The first-order valence-electron chi connectivity index (χ1n) is 7.99. The Morgan fingerprint density at radius 3 is 2.38 bits per heavy atom. The van der Waals surface area contributed by atoms with Crippen LogP contribution in [-0.4, -0.2) is 42.4 Å². The highest BCUT2D eigenvalue weighted by Gasteiger charge is 2.40. The largest absolute Gasteiger partial charge is 0.480 e. The maximum absolute atomic E-state index is 11.9. The molecule has 0 bridgehead atoms. The van der Waals surface area contributed by atoms with E-state index in [1.54, 1.807) is 0 Å². The van der Waals surface area contributed by atoms with E-state index < -0.39 is 17.5 Å². The fourth-order valence-corrected chi connectivity index (χ4v) is 2.76. The number of aliphatic carboxylic acids is 1. The maximum Gasteiger partial charge on any atom is 0.329 e. The van der Waals surface area contributed by atoms with Crippen molar-refractivity contribution < 1.29 is 19.4 Å². The van der Waals surface area contributed by atoms with Crippen LogP contribution in [0, 0.1) is 5.92 Å². The van der Waals surface area contributed by atoms with E-state index in [0.717, 1.165) is 32.3 Å². The molecule has 2 rings (SSSR count). The van der Waals surface area contributed by atoms with Crippen LogP contribution in [0.2, 0.25) is 0 Å². The predicted octanol–water partition coefficient (Wildman–Crippen LogP) is 1.89. The molecule has 0 heterocycles. The molecule has 2 amide bonds. The molecule has 0 aromatic rings. The van der Waals surface area contributed by atoms with Gasteiger partial charge < -0.3 is 20.5 Å². The molecule has 2 saturated carbocycles. The molecule has 21 heavy (non-hydrogen) atoms. The number of nitrogens with one attached hydrogen (secondary N) is 2. The summed E-state index contributed by atoms with van der Waals surface area (Å²) in [5.41, 5.74) is -1.10. The Kier molecular flexibility index (Phi) is 5.85. The number of carboxylic acid groups (broad SMARTS) is 1. The molecule has 0 aliphatic heterocycles. The molecule has 3 N–H and O–H groups in total. The Morgan fingerprint density at radius 2 is 1.81 bits per heavy atom. The Bertz CT molecular complexity index is 361. The first-order valence-corrected chi connectivity index (χ1v) is 7.99. The Hall–Kier alpha value is -1.30. The maximum atomic E-state index is 11.9. The van der Waals surface area contributed by atoms with E-state index in [4.69, 9.17) is 4.74 Å². The minimum atomic E-state index is -1.10. The summed E-state index contributed by atoms with van der Waals surface area (Å²) in [5.74, 6) is -0.218. The summed E-state index contributed by atoms with van der Waals surface area (Å²) in [6.07, 6.45) is 7.26. The number of urea groups is 1. The van der Waals surface area contributed by atoms with Crippen LogP contribution in [0.3, 0.4) is 0 Å². The number of rotatable bonds is 7. The lowest BCUT2D eigenvalue weighted by atomic mass is 9.90. The zero-order valence-corrected chi connectivity index (χ0v) is 12.5. The molecular formula is C15H26N2O4. The molecule has 0 aromatic heterocycles. The molecule has 0 spiro atoms. The highest BCUT2D eigenvalue weighted by Crippen LogP contribution is 2.28. The number of amides is 2. The topological polar surface area (TPSA) is 87.7 Å². The van der Waals surface area contributed by atoms with Crippen molar-refractivity contribution in [2.24, 2.45) is 5.92 Å². The van der Waals surface area contributed by atoms with Gasteiger partial charge in [-0.05, 0) is 31.6 Å². The molecule has 120 valence electrons. The Labute approximate surface area is 125 Å². The molecule has 6 heteroatoms. The zero-order valence-electron chi connectivity index (χ0n) is 12.5. The molecule has 0 atom stereocenters. The van der Waals surface area contributed by atoms with Crippen LogP contribution in [0.1, 0.15) is 51.4 Å². The number of carboxylic acids is 1. The van der Waals surface area contributed by atoms with Crippen molar-refractivity contribution in [3.05, 3.63) is 0 Å². The normalized spacial score (nSPS) is 21.3. The van der Waals surface area contributed by atoms with Crippen LogP contribution in [0.15, 0.2) is 0 Å². The second-order valence-corrected chi connectivity index (χ2v) is 6.20. The summed E-state index contributed by atoms with van der Waals surface area (Å²) in [5, 5.41) is 14.8. The lowest BCUT2D eigenvalue weighted by Crippen LogP contribution is -2.57. The summed E-state index contributed by atoms with van der Waals surface area (Å²) in [6, 6.07) is -0.408. The van der Waals surface area contributed by atoms with Crippen molar-refractivity contribution in [1.82, 2.24) is 10.6 Å². The summed E-state index contributed by atoms with van der Waals surface area (Å²) in [4.78, 5) is 23.5. The van der Waals surface area contributed by atoms with Gasteiger partial charge in [0.25, 0.3) is 0 Å². The third kappa shape index (κ3) is 5.19. The molecule has 0 radical (unpaired) electrons. The second-order valence-electron chi connectivity index (χ2n) is 6.20. The molecular weight excluding hydrogens is 272 g/mol. The fraction of sp³-hybridized carbons (Fsp3) is 0.867. The molecule has 2 fully saturated rings. The quantitative estimate of drug-likeness (QED) is 0.495. The second kappa shape index (κ2) is 7.64. The van der Waals surface area contributed by atoms with Crippen LogP contribution in [0.25, 0.3) is 0 Å². The van der Waals surface area contributed by atoms with E-state index in [2.05, 4.69) is 10.6 Å². The Balaban J connectivity index is 1.70. The first-order chi connectivity index (χ1) is 10.1. The highest BCUT2D eigenvalue weighted by molar-refractivity contribution is 5.86. The van der Waals surface area contributed by atoms with Gasteiger partial charge in [0.1, 0.15) is 5.54 Å². The van der Waals surface area contributed by atoms with Gasteiger partial charge in [0, 0.05) is 13.2 Å². The van der Waals surface area contributed by atoms with Crippen molar-refractivity contribution in [1.29, 1.82) is 0 Å². The van der Waals surface area contributed by atoms with Crippen LogP contribution in [0.5, 0.6) is 0 Å². The molecule has 6 nitrogen and oxygen atoms in total. The van der Waals surface area contributed by atoms with Crippen molar-refractivity contribution in [3.8, 4) is 0 Å². The standard InChI is InChI=1S/C15H26N2O4/c18-13(19)15(7-3-1-2-4-8-15)17-14(20)16-9-10-21-11-12-5-6-12/h12H,1-11H2,(H,18,19)(H2,16,17,20). The third-order valence-corrected chi connectivity index (χ3v) is 4.30. The van der Waals surface area contributed by atoms with Crippen molar-refractivity contribution in [3.63, 3.8) is 0 Å². The number of carbonyl (C=O) groups excluding carboxylic acids is 1. The average Bonchev–Trinajstić information content (AvgIpc) is 3.25. The number of hydrogen-bond acceptors (Lipinski definition) is 3. The van der Waals surface area contributed by atoms with Crippen LogP contribution in [0.4, 0.5) is 4.79 Å². The van der Waals surface area contributed by atoms with Crippen LogP contribution >= 0.6 is 0 Å². The van der Waals surface area contributed by atoms with E-state index in [1.807, 2.05) is 0 Å². The molecule has 0 aromatic carbocycles. The first kappa shape index (κ1) is 16.1. The van der Waals surface area contributed by atoms with Crippen molar-refractivity contribution in [2.75, 3.05) is 19.8 Å². The average molecular weight is 298 g/mol.